The van der Waals surface area contributed by atoms with Crippen molar-refractivity contribution < 1.29 is 4.79 Å². The van der Waals surface area contributed by atoms with Gasteiger partial charge in [-0.25, -0.2) is 9.97 Å². The van der Waals surface area contributed by atoms with Gasteiger partial charge in [0.2, 0.25) is 0 Å². The molecule has 0 atom stereocenters. The monoisotopic (exact) mass is 383 g/mol. The number of hydrogen-bond donors (Lipinski definition) is 0. The lowest BCUT2D eigenvalue weighted by Gasteiger charge is -2.33. The summed E-state index contributed by atoms with van der Waals surface area (Å²) in [6.07, 6.45) is 3.97. The molecule has 2 aromatic carbocycles. The summed E-state index contributed by atoms with van der Waals surface area (Å²) < 4.78 is 2.03. The predicted octanol–water partition coefficient (Wildman–Crippen LogP) is 3.83. The van der Waals surface area contributed by atoms with Crippen LogP contribution in [-0.2, 0) is 0 Å². The minimum atomic E-state index is -0.0580. The maximum Gasteiger partial charge on any atom is 0.259 e. The Morgan fingerprint density at radius 2 is 1.59 bits per heavy atom. The van der Waals surface area contributed by atoms with E-state index in [4.69, 9.17) is 9.97 Å². The zero-order valence-electron chi connectivity index (χ0n) is 16.4. The predicted molar refractivity (Wildman–Crippen MR) is 115 cm³/mol. The van der Waals surface area contributed by atoms with E-state index in [0.29, 0.717) is 24.5 Å². The minimum Gasteiger partial charge on any atom is -0.355 e. The van der Waals surface area contributed by atoms with Crippen LogP contribution in [0.2, 0.25) is 0 Å². The first kappa shape index (κ1) is 17.4. The SMILES string of the molecule is Cc1ccc(C(=O)N2CCN(C)c3nc4ccccc4nc32)cc1-n1cccc1. The molecule has 0 aliphatic carbocycles. The van der Waals surface area contributed by atoms with E-state index >= 15 is 0 Å². The molecule has 29 heavy (non-hydrogen) atoms. The molecule has 0 saturated heterocycles. The summed E-state index contributed by atoms with van der Waals surface area (Å²) in [6.45, 7) is 3.33. The van der Waals surface area contributed by atoms with Gasteiger partial charge in [0.25, 0.3) is 5.91 Å². The highest BCUT2D eigenvalue weighted by atomic mass is 16.2. The Kier molecular flexibility index (Phi) is 4.05. The topological polar surface area (TPSA) is 54.3 Å². The van der Waals surface area contributed by atoms with Crippen molar-refractivity contribution in [3.8, 4) is 5.69 Å². The van der Waals surface area contributed by atoms with E-state index in [1.54, 1.807) is 4.90 Å². The van der Waals surface area contributed by atoms with Crippen molar-refractivity contribution in [2.45, 2.75) is 6.92 Å². The Morgan fingerprint density at radius 3 is 2.31 bits per heavy atom. The molecule has 144 valence electrons. The number of para-hydroxylation sites is 2. The van der Waals surface area contributed by atoms with Gasteiger partial charge in [0.15, 0.2) is 11.6 Å². The normalized spacial score (nSPS) is 13.6. The van der Waals surface area contributed by atoms with E-state index in [0.717, 1.165) is 28.1 Å². The molecule has 0 radical (unpaired) electrons. The van der Waals surface area contributed by atoms with Gasteiger partial charge in [0.1, 0.15) is 0 Å². The molecule has 1 aliphatic rings. The maximum atomic E-state index is 13.5. The highest BCUT2D eigenvalue weighted by Crippen LogP contribution is 2.32. The summed E-state index contributed by atoms with van der Waals surface area (Å²) >= 11 is 0. The van der Waals surface area contributed by atoms with Gasteiger partial charge in [-0.2, -0.15) is 0 Å². The molecular weight excluding hydrogens is 362 g/mol. The molecule has 1 amide bonds. The maximum absolute atomic E-state index is 13.5. The van der Waals surface area contributed by atoms with Gasteiger partial charge < -0.3 is 9.47 Å². The van der Waals surface area contributed by atoms with Crippen LogP contribution >= 0.6 is 0 Å². The van der Waals surface area contributed by atoms with Gasteiger partial charge in [-0.1, -0.05) is 18.2 Å². The second kappa shape index (κ2) is 6.74. The first-order valence-electron chi connectivity index (χ1n) is 9.65. The number of fused-ring (bicyclic) bond motifs is 2. The molecule has 0 spiro atoms. The molecule has 0 N–H and O–H groups in total. The second-order valence-corrected chi connectivity index (χ2v) is 7.33. The smallest absolute Gasteiger partial charge is 0.259 e. The Hall–Kier alpha value is -3.67. The van der Waals surface area contributed by atoms with Gasteiger partial charge in [-0.3, -0.25) is 9.69 Å². The molecular formula is C23H21N5O. The Bertz CT molecular complexity index is 1220. The number of aryl methyl sites for hydroxylation is 1. The van der Waals surface area contributed by atoms with E-state index < -0.39 is 0 Å². The molecule has 3 heterocycles. The van der Waals surface area contributed by atoms with Crippen LogP contribution < -0.4 is 9.80 Å². The number of carbonyl (C=O) groups is 1. The minimum absolute atomic E-state index is 0.0580. The van der Waals surface area contributed by atoms with E-state index in [1.807, 2.05) is 85.5 Å². The first-order valence-corrected chi connectivity index (χ1v) is 9.65. The van der Waals surface area contributed by atoms with Gasteiger partial charge >= 0.3 is 0 Å². The fraction of sp³-hybridized carbons (Fsp3) is 0.174. The standard InChI is InChI=1S/C23H21N5O/c1-16-9-10-17(15-20(16)27-11-5-6-12-27)23(29)28-14-13-26(2)21-22(28)25-19-8-4-3-7-18(19)24-21/h3-12,15H,13-14H2,1-2H3. The third kappa shape index (κ3) is 2.93. The number of carbonyl (C=O) groups excluding carboxylic acids is 1. The van der Waals surface area contributed by atoms with Crippen LogP contribution in [0.25, 0.3) is 16.7 Å². The Balaban J connectivity index is 1.59. The van der Waals surface area contributed by atoms with Crippen LogP contribution in [0.1, 0.15) is 15.9 Å². The fourth-order valence-electron chi connectivity index (χ4n) is 3.75. The Morgan fingerprint density at radius 1 is 0.897 bits per heavy atom. The van der Waals surface area contributed by atoms with Crippen molar-refractivity contribution in [2.75, 3.05) is 29.9 Å². The summed E-state index contributed by atoms with van der Waals surface area (Å²) in [4.78, 5) is 26.8. The number of nitrogens with zero attached hydrogens (tertiary/aromatic N) is 5. The third-order valence-electron chi connectivity index (χ3n) is 5.39. The quantitative estimate of drug-likeness (QED) is 0.528. The van der Waals surface area contributed by atoms with Gasteiger partial charge in [0, 0.05) is 43.8 Å². The molecule has 6 nitrogen and oxygen atoms in total. The molecule has 0 saturated carbocycles. The van der Waals surface area contributed by atoms with E-state index in [1.165, 1.54) is 0 Å². The van der Waals surface area contributed by atoms with Crippen LogP contribution in [-0.4, -0.2) is 40.6 Å². The lowest BCUT2D eigenvalue weighted by molar-refractivity contribution is 0.0986. The van der Waals surface area contributed by atoms with Crippen molar-refractivity contribution in [1.82, 2.24) is 14.5 Å². The summed E-state index contributed by atoms with van der Waals surface area (Å²) in [7, 11) is 1.99. The molecule has 6 heteroatoms. The average Bonchev–Trinajstić information content (AvgIpc) is 3.27. The lowest BCUT2D eigenvalue weighted by Crippen LogP contribution is -2.43. The van der Waals surface area contributed by atoms with E-state index in [-0.39, 0.29) is 5.91 Å². The van der Waals surface area contributed by atoms with Crippen LogP contribution in [0.3, 0.4) is 0 Å². The van der Waals surface area contributed by atoms with Crippen LogP contribution in [0.5, 0.6) is 0 Å². The molecule has 5 rings (SSSR count). The van der Waals surface area contributed by atoms with Gasteiger partial charge in [-0.15, -0.1) is 0 Å². The number of aromatic nitrogens is 3. The van der Waals surface area contributed by atoms with Crippen LogP contribution in [0, 0.1) is 6.92 Å². The highest BCUT2D eigenvalue weighted by Gasteiger charge is 2.29. The van der Waals surface area contributed by atoms with Crippen molar-refractivity contribution in [2.24, 2.45) is 0 Å². The largest absolute Gasteiger partial charge is 0.355 e. The summed E-state index contributed by atoms with van der Waals surface area (Å²) in [5.41, 5.74) is 4.38. The zero-order chi connectivity index (χ0) is 20.0. The first-order chi connectivity index (χ1) is 14.1. The van der Waals surface area contributed by atoms with Crippen LogP contribution in [0.4, 0.5) is 11.6 Å². The number of amides is 1. The number of hydrogen-bond acceptors (Lipinski definition) is 4. The number of rotatable bonds is 2. The molecule has 0 bridgehead atoms. The Labute approximate surface area is 169 Å². The van der Waals surface area contributed by atoms with Gasteiger partial charge in [0.05, 0.1) is 11.0 Å². The lowest BCUT2D eigenvalue weighted by atomic mass is 10.1. The van der Waals surface area contributed by atoms with Gasteiger partial charge in [-0.05, 0) is 48.9 Å². The molecule has 2 aromatic heterocycles. The third-order valence-corrected chi connectivity index (χ3v) is 5.39. The number of likely N-dealkylation sites (N-methyl/N-ethyl adjacent to an activating group) is 1. The van der Waals surface area contributed by atoms with E-state index in [2.05, 4.69) is 4.90 Å². The number of anilines is 2. The molecule has 0 fully saturated rings. The highest BCUT2D eigenvalue weighted by molar-refractivity contribution is 6.08. The molecule has 1 aliphatic heterocycles. The fourth-order valence-corrected chi connectivity index (χ4v) is 3.75. The molecule has 4 aromatic rings. The van der Waals surface area contributed by atoms with Crippen molar-refractivity contribution in [3.63, 3.8) is 0 Å². The number of benzene rings is 2. The molecule has 0 unspecified atom stereocenters. The summed E-state index contributed by atoms with van der Waals surface area (Å²) in [5, 5.41) is 0. The van der Waals surface area contributed by atoms with Crippen molar-refractivity contribution in [3.05, 3.63) is 78.1 Å². The summed E-state index contributed by atoms with van der Waals surface area (Å²) in [6, 6.07) is 17.5. The summed E-state index contributed by atoms with van der Waals surface area (Å²) in [5.74, 6) is 1.30. The van der Waals surface area contributed by atoms with E-state index in [9.17, 15) is 4.79 Å². The van der Waals surface area contributed by atoms with Crippen LogP contribution in [0.15, 0.2) is 67.0 Å². The van der Waals surface area contributed by atoms with Crippen molar-refractivity contribution >= 4 is 28.6 Å². The zero-order valence-corrected chi connectivity index (χ0v) is 16.4. The second-order valence-electron chi connectivity index (χ2n) is 7.33. The van der Waals surface area contributed by atoms with Crippen molar-refractivity contribution in [1.29, 1.82) is 0 Å². The average molecular weight is 383 g/mol.